The van der Waals surface area contributed by atoms with E-state index < -0.39 is 32.4 Å². The van der Waals surface area contributed by atoms with E-state index in [4.69, 9.17) is 0 Å². The maximum absolute atomic E-state index is 14.0. The van der Waals surface area contributed by atoms with Crippen LogP contribution in [0.15, 0.2) is 35.2 Å². The lowest BCUT2D eigenvalue weighted by molar-refractivity contribution is -0.385. The first kappa shape index (κ1) is 22.4. The molecule has 0 saturated heterocycles. The van der Waals surface area contributed by atoms with Gasteiger partial charge in [0.1, 0.15) is 5.82 Å². The molecule has 0 saturated carbocycles. The average molecular weight is 423 g/mol. The highest BCUT2D eigenvalue weighted by Crippen LogP contribution is 2.26. The van der Waals surface area contributed by atoms with Crippen molar-refractivity contribution >= 4 is 27.3 Å². The van der Waals surface area contributed by atoms with Crippen molar-refractivity contribution in [3.05, 3.63) is 63.0 Å². The molecule has 0 unspecified atom stereocenters. The quantitative estimate of drug-likeness (QED) is 0.540. The van der Waals surface area contributed by atoms with Crippen LogP contribution < -0.4 is 5.32 Å². The van der Waals surface area contributed by atoms with Crippen LogP contribution in [-0.4, -0.2) is 36.6 Å². The Hall–Kier alpha value is -2.85. The minimum Gasteiger partial charge on any atom is -0.322 e. The molecular weight excluding hydrogens is 401 g/mol. The van der Waals surface area contributed by atoms with Gasteiger partial charge in [0.05, 0.1) is 15.4 Å². The summed E-state index contributed by atoms with van der Waals surface area (Å²) in [5, 5.41) is 13.5. The maximum Gasteiger partial charge on any atom is 0.276 e. The van der Waals surface area contributed by atoms with E-state index in [0.29, 0.717) is 18.7 Å². The summed E-state index contributed by atoms with van der Waals surface area (Å²) < 4.78 is 40.9. The van der Waals surface area contributed by atoms with Crippen LogP contribution in [-0.2, 0) is 10.0 Å². The molecule has 156 valence electrons. The number of anilines is 1. The smallest absolute Gasteiger partial charge is 0.276 e. The summed E-state index contributed by atoms with van der Waals surface area (Å²) in [5.74, 6) is -1.67. The Bertz CT molecular complexity index is 1070. The second kappa shape index (κ2) is 8.66. The molecular formula is C19H22FN3O5S. The fourth-order valence-corrected chi connectivity index (χ4v) is 4.56. The molecule has 0 aliphatic heterocycles. The van der Waals surface area contributed by atoms with Crippen molar-refractivity contribution in [1.29, 1.82) is 0 Å². The van der Waals surface area contributed by atoms with Crippen LogP contribution in [0.5, 0.6) is 0 Å². The van der Waals surface area contributed by atoms with Gasteiger partial charge in [-0.1, -0.05) is 19.9 Å². The van der Waals surface area contributed by atoms with Gasteiger partial charge in [-0.3, -0.25) is 14.9 Å². The summed E-state index contributed by atoms with van der Waals surface area (Å²) in [6, 6.07) is 6.26. The highest BCUT2D eigenvalue weighted by atomic mass is 32.2. The van der Waals surface area contributed by atoms with E-state index in [2.05, 4.69) is 5.32 Å². The van der Waals surface area contributed by atoms with Gasteiger partial charge in [-0.2, -0.15) is 4.31 Å². The molecule has 0 aliphatic rings. The zero-order valence-corrected chi connectivity index (χ0v) is 17.3. The molecule has 29 heavy (non-hydrogen) atoms. The zero-order chi connectivity index (χ0) is 21.9. The van der Waals surface area contributed by atoms with Crippen molar-refractivity contribution < 1.29 is 22.5 Å². The molecule has 2 rings (SSSR count). The van der Waals surface area contributed by atoms with Gasteiger partial charge in [-0.05, 0) is 37.6 Å². The van der Waals surface area contributed by atoms with E-state index in [1.165, 1.54) is 23.4 Å². The van der Waals surface area contributed by atoms with Gasteiger partial charge in [-0.25, -0.2) is 12.8 Å². The van der Waals surface area contributed by atoms with E-state index in [9.17, 15) is 27.7 Å². The van der Waals surface area contributed by atoms with Gasteiger partial charge in [0.25, 0.3) is 11.6 Å². The SMILES string of the molecule is CCN(CC)S(=O)(=O)c1cc(NC(=O)c2cc(F)c(C)c([N+](=O)[O-])c2)ccc1C. The molecule has 0 fully saturated rings. The molecule has 0 radical (unpaired) electrons. The van der Waals surface area contributed by atoms with Gasteiger partial charge >= 0.3 is 0 Å². The number of nitro benzene ring substituents is 1. The monoisotopic (exact) mass is 423 g/mol. The van der Waals surface area contributed by atoms with E-state index in [0.717, 1.165) is 12.1 Å². The van der Waals surface area contributed by atoms with E-state index in [1.54, 1.807) is 26.8 Å². The van der Waals surface area contributed by atoms with Crippen molar-refractivity contribution in [2.45, 2.75) is 32.6 Å². The number of amides is 1. The first-order valence-corrected chi connectivity index (χ1v) is 10.3. The number of aryl methyl sites for hydroxylation is 1. The average Bonchev–Trinajstić information content (AvgIpc) is 2.65. The second-order valence-electron chi connectivity index (χ2n) is 6.38. The number of halogens is 1. The molecule has 0 bridgehead atoms. The standard InChI is InChI=1S/C19H22FN3O5S/c1-5-22(6-2)29(27,28)18-11-15(8-7-12(18)3)21-19(24)14-9-16(20)13(4)17(10-14)23(25)26/h7-11H,5-6H2,1-4H3,(H,21,24). The highest BCUT2D eigenvalue weighted by molar-refractivity contribution is 7.89. The third kappa shape index (κ3) is 4.60. The Morgan fingerprint density at radius 1 is 1.17 bits per heavy atom. The van der Waals surface area contributed by atoms with Gasteiger partial charge in [0.2, 0.25) is 10.0 Å². The Labute approximate surface area is 168 Å². The highest BCUT2D eigenvalue weighted by Gasteiger charge is 2.24. The number of hydrogen-bond acceptors (Lipinski definition) is 5. The number of benzene rings is 2. The maximum atomic E-state index is 14.0. The number of rotatable bonds is 7. The number of nitrogens with zero attached hydrogens (tertiary/aromatic N) is 2. The third-order valence-corrected chi connectivity index (χ3v) is 6.74. The van der Waals surface area contributed by atoms with Gasteiger partial charge in [-0.15, -0.1) is 0 Å². The molecule has 0 heterocycles. The van der Waals surface area contributed by atoms with Crippen molar-refractivity contribution in [1.82, 2.24) is 4.31 Å². The van der Waals surface area contributed by atoms with Gasteiger partial charge < -0.3 is 5.32 Å². The predicted molar refractivity (Wildman–Crippen MR) is 107 cm³/mol. The first-order chi connectivity index (χ1) is 13.5. The minimum absolute atomic E-state index is 0.0417. The molecule has 1 N–H and O–H groups in total. The number of carbonyl (C=O) groups is 1. The molecule has 1 amide bonds. The molecule has 8 nitrogen and oxygen atoms in total. The Balaban J connectivity index is 2.41. The molecule has 2 aromatic carbocycles. The Kier molecular flexibility index (Phi) is 6.70. The summed E-state index contributed by atoms with van der Waals surface area (Å²) in [7, 11) is -3.75. The number of nitrogens with one attached hydrogen (secondary N) is 1. The first-order valence-electron chi connectivity index (χ1n) is 8.89. The summed E-state index contributed by atoms with van der Waals surface area (Å²) in [6.45, 7) is 6.92. The van der Waals surface area contributed by atoms with E-state index in [1.807, 2.05) is 0 Å². The number of carbonyl (C=O) groups excluding carboxylic acids is 1. The van der Waals surface area contributed by atoms with Crippen molar-refractivity contribution in [2.24, 2.45) is 0 Å². The predicted octanol–water partition coefficient (Wildman–Crippen LogP) is 3.63. The normalized spacial score (nSPS) is 11.5. The Morgan fingerprint density at radius 2 is 1.79 bits per heavy atom. The lowest BCUT2D eigenvalue weighted by Gasteiger charge is -2.20. The van der Waals surface area contributed by atoms with Crippen LogP contribution in [0.2, 0.25) is 0 Å². The number of hydrogen-bond donors (Lipinski definition) is 1. The third-order valence-electron chi connectivity index (χ3n) is 4.55. The fourth-order valence-electron chi connectivity index (χ4n) is 2.85. The molecule has 10 heteroatoms. The van der Waals surface area contributed by atoms with Crippen LogP contribution in [0.25, 0.3) is 0 Å². The van der Waals surface area contributed by atoms with Crippen LogP contribution >= 0.6 is 0 Å². The zero-order valence-electron chi connectivity index (χ0n) is 16.5. The lowest BCUT2D eigenvalue weighted by atomic mass is 10.1. The molecule has 0 spiro atoms. The summed E-state index contributed by atoms with van der Waals surface area (Å²) in [6.07, 6.45) is 0. The molecule has 0 atom stereocenters. The number of sulfonamides is 1. The van der Waals surface area contributed by atoms with Crippen LogP contribution in [0.3, 0.4) is 0 Å². The van der Waals surface area contributed by atoms with Gasteiger partial charge in [0.15, 0.2) is 0 Å². The molecule has 2 aromatic rings. The minimum atomic E-state index is -3.75. The van der Waals surface area contributed by atoms with Crippen LogP contribution in [0, 0.1) is 29.8 Å². The lowest BCUT2D eigenvalue weighted by Crippen LogP contribution is -2.31. The summed E-state index contributed by atoms with van der Waals surface area (Å²) in [5.41, 5.74) is -0.242. The topological polar surface area (TPSA) is 110 Å². The van der Waals surface area contributed by atoms with Gasteiger partial charge in [0, 0.05) is 30.4 Å². The van der Waals surface area contributed by atoms with Crippen LogP contribution in [0.1, 0.15) is 35.3 Å². The van der Waals surface area contributed by atoms with E-state index >= 15 is 0 Å². The van der Waals surface area contributed by atoms with Crippen molar-refractivity contribution in [3.8, 4) is 0 Å². The summed E-state index contributed by atoms with van der Waals surface area (Å²) >= 11 is 0. The Morgan fingerprint density at radius 3 is 2.34 bits per heavy atom. The molecule has 0 aliphatic carbocycles. The fraction of sp³-hybridized carbons (Fsp3) is 0.316. The van der Waals surface area contributed by atoms with Crippen molar-refractivity contribution in [3.63, 3.8) is 0 Å². The van der Waals surface area contributed by atoms with Crippen LogP contribution in [0.4, 0.5) is 15.8 Å². The largest absolute Gasteiger partial charge is 0.322 e. The summed E-state index contributed by atoms with van der Waals surface area (Å²) in [4.78, 5) is 22.8. The van der Waals surface area contributed by atoms with E-state index in [-0.39, 0.29) is 21.7 Å². The van der Waals surface area contributed by atoms with Crippen molar-refractivity contribution in [2.75, 3.05) is 18.4 Å². The molecule has 0 aromatic heterocycles. The second-order valence-corrected chi connectivity index (χ2v) is 8.29. The number of nitro groups is 1.